The standard InChI is InChI=1S/C11H12N4O/c12-3-10-13-2-1-11(14-10)15-4-8-6-16-7-9(8)5-15/h1-2,8-9H,4-7H2. The van der Waals surface area contributed by atoms with E-state index in [4.69, 9.17) is 10.00 Å². The van der Waals surface area contributed by atoms with Crippen LogP contribution >= 0.6 is 0 Å². The van der Waals surface area contributed by atoms with Gasteiger partial charge in [0.05, 0.1) is 13.2 Å². The highest BCUT2D eigenvalue weighted by molar-refractivity contribution is 5.40. The van der Waals surface area contributed by atoms with Crippen LogP contribution in [0.4, 0.5) is 5.82 Å². The molecule has 2 atom stereocenters. The summed E-state index contributed by atoms with van der Waals surface area (Å²) >= 11 is 0. The third kappa shape index (κ3) is 1.51. The average molecular weight is 216 g/mol. The molecule has 2 aliphatic heterocycles. The topological polar surface area (TPSA) is 62.0 Å². The van der Waals surface area contributed by atoms with Gasteiger partial charge in [0.15, 0.2) is 0 Å². The lowest BCUT2D eigenvalue weighted by atomic mass is 10.0. The van der Waals surface area contributed by atoms with Crippen LogP contribution in [0.2, 0.25) is 0 Å². The number of nitriles is 1. The Balaban J connectivity index is 1.81. The van der Waals surface area contributed by atoms with E-state index in [1.807, 2.05) is 12.1 Å². The molecule has 0 N–H and O–H groups in total. The minimum absolute atomic E-state index is 0.241. The second-order valence-corrected chi connectivity index (χ2v) is 4.31. The fraction of sp³-hybridized carbons (Fsp3) is 0.545. The zero-order valence-corrected chi connectivity index (χ0v) is 8.83. The Labute approximate surface area is 93.7 Å². The predicted octanol–water partition coefficient (Wildman–Crippen LogP) is 0.431. The van der Waals surface area contributed by atoms with E-state index in [-0.39, 0.29) is 5.82 Å². The van der Waals surface area contributed by atoms with Crippen LogP contribution in [0.3, 0.4) is 0 Å². The number of nitrogens with zero attached hydrogens (tertiary/aromatic N) is 4. The minimum Gasteiger partial charge on any atom is -0.381 e. The van der Waals surface area contributed by atoms with Gasteiger partial charge in [-0.05, 0) is 6.07 Å². The van der Waals surface area contributed by atoms with Crippen LogP contribution in [0.5, 0.6) is 0 Å². The summed E-state index contributed by atoms with van der Waals surface area (Å²) in [6, 6.07) is 3.83. The van der Waals surface area contributed by atoms with Gasteiger partial charge in [-0.15, -0.1) is 0 Å². The molecule has 82 valence electrons. The summed E-state index contributed by atoms with van der Waals surface area (Å²) in [7, 11) is 0. The number of rotatable bonds is 1. The molecule has 16 heavy (non-hydrogen) atoms. The molecule has 3 rings (SSSR count). The molecule has 0 spiro atoms. The average Bonchev–Trinajstić information content (AvgIpc) is 2.89. The van der Waals surface area contributed by atoms with Gasteiger partial charge >= 0.3 is 0 Å². The molecule has 2 saturated heterocycles. The summed E-state index contributed by atoms with van der Waals surface area (Å²) < 4.78 is 5.43. The fourth-order valence-corrected chi connectivity index (χ4v) is 2.45. The molecular formula is C11H12N4O. The van der Waals surface area contributed by atoms with Gasteiger partial charge in [0.2, 0.25) is 5.82 Å². The molecule has 0 bridgehead atoms. The van der Waals surface area contributed by atoms with Crippen LogP contribution in [0.1, 0.15) is 5.82 Å². The molecule has 5 heteroatoms. The third-order valence-corrected chi connectivity index (χ3v) is 3.31. The quantitative estimate of drug-likeness (QED) is 0.681. The molecule has 0 aromatic carbocycles. The highest BCUT2D eigenvalue weighted by atomic mass is 16.5. The Morgan fingerprint density at radius 1 is 1.38 bits per heavy atom. The smallest absolute Gasteiger partial charge is 0.234 e. The SMILES string of the molecule is N#Cc1nccc(N2CC3COCC3C2)n1. The first kappa shape index (κ1) is 9.55. The highest BCUT2D eigenvalue weighted by Gasteiger charge is 2.37. The molecule has 0 radical (unpaired) electrons. The molecule has 5 nitrogen and oxygen atoms in total. The predicted molar refractivity (Wildman–Crippen MR) is 56.8 cm³/mol. The fourth-order valence-electron chi connectivity index (χ4n) is 2.45. The molecule has 0 aliphatic carbocycles. The molecular weight excluding hydrogens is 204 g/mol. The molecule has 3 heterocycles. The summed E-state index contributed by atoms with van der Waals surface area (Å²) in [6.45, 7) is 3.67. The van der Waals surface area contributed by atoms with Gasteiger partial charge in [-0.25, -0.2) is 9.97 Å². The first-order chi connectivity index (χ1) is 7.86. The van der Waals surface area contributed by atoms with E-state index in [1.54, 1.807) is 6.20 Å². The molecule has 2 unspecified atom stereocenters. The van der Waals surface area contributed by atoms with Gasteiger partial charge in [0.1, 0.15) is 11.9 Å². The van der Waals surface area contributed by atoms with E-state index >= 15 is 0 Å². The van der Waals surface area contributed by atoms with Crippen molar-refractivity contribution in [3.8, 4) is 6.07 Å². The van der Waals surface area contributed by atoms with E-state index in [1.165, 1.54) is 0 Å². The van der Waals surface area contributed by atoms with E-state index in [9.17, 15) is 0 Å². The van der Waals surface area contributed by atoms with Crippen molar-refractivity contribution in [2.45, 2.75) is 0 Å². The van der Waals surface area contributed by atoms with Gasteiger partial charge < -0.3 is 9.64 Å². The summed E-state index contributed by atoms with van der Waals surface area (Å²) in [5.74, 6) is 2.35. The van der Waals surface area contributed by atoms with Crippen molar-refractivity contribution in [2.75, 3.05) is 31.2 Å². The van der Waals surface area contributed by atoms with Crippen molar-refractivity contribution >= 4 is 5.82 Å². The van der Waals surface area contributed by atoms with Gasteiger partial charge in [-0.3, -0.25) is 0 Å². The first-order valence-electron chi connectivity index (χ1n) is 5.42. The second-order valence-electron chi connectivity index (χ2n) is 4.31. The number of hydrogen-bond acceptors (Lipinski definition) is 5. The van der Waals surface area contributed by atoms with Crippen molar-refractivity contribution < 1.29 is 4.74 Å². The van der Waals surface area contributed by atoms with E-state index in [0.29, 0.717) is 11.8 Å². The molecule has 0 saturated carbocycles. The number of aromatic nitrogens is 2. The monoisotopic (exact) mass is 216 g/mol. The Kier molecular flexibility index (Phi) is 2.22. The van der Waals surface area contributed by atoms with Crippen LogP contribution in [-0.4, -0.2) is 36.3 Å². The molecule has 0 amide bonds. The van der Waals surface area contributed by atoms with Crippen LogP contribution in [0.25, 0.3) is 0 Å². The van der Waals surface area contributed by atoms with E-state index < -0.39 is 0 Å². The van der Waals surface area contributed by atoms with Crippen molar-refractivity contribution in [1.29, 1.82) is 5.26 Å². The summed E-state index contributed by atoms with van der Waals surface area (Å²) in [5.41, 5.74) is 0. The minimum atomic E-state index is 0.241. The maximum atomic E-state index is 8.75. The number of anilines is 1. The van der Waals surface area contributed by atoms with E-state index in [2.05, 4.69) is 14.9 Å². The molecule has 1 aromatic heterocycles. The van der Waals surface area contributed by atoms with Crippen molar-refractivity contribution in [3.63, 3.8) is 0 Å². The largest absolute Gasteiger partial charge is 0.381 e. The molecule has 2 fully saturated rings. The van der Waals surface area contributed by atoms with Gasteiger partial charge in [0.25, 0.3) is 0 Å². The lowest BCUT2D eigenvalue weighted by Gasteiger charge is -2.17. The lowest BCUT2D eigenvalue weighted by Crippen LogP contribution is -2.23. The number of ether oxygens (including phenoxy) is 1. The Hall–Kier alpha value is -1.67. The van der Waals surface area contributed by atoms with Crippen LogP contribution < -0.4 is 4.90 Å². The van der Waals surface area contributed by atoms with Crippen LogP contribution in [0.15, 0.2) is 12.3 Å². The zero-order valence-electron chi connectivity index (χ0n) is 8.83. The maximum Gasteiger partial charge on any atom is 0.234 e. The van der Waals surface area contributed by atoms with Gasteiger partial charge in [-0.1, -0.05) is 0 Å². The van der Waals surface area contributed by atoms with Crippen molar-refractivity contribution in [1.82, 2.24) is 9.97 Å². The Morgan fingerprint density at radius 3 is 2.81 bits per heavy atom. The maximum absolute atomic E-state index is 8.75. The zero-order chi connectivity index (χ0) is 11.0. The number of fused-ring (bicyclic) bond motifs is 1. The van der Waals surface area contributed by atoms with Gasteiger partial charge in [-0.2, -0.15) is 5.26 Å². The Bertz CT molecular complexity index is 430. The molecule has 2 aliphatic rings. The summed E-state index contributed by atoms with van der Waals surface area (Å²) in [5, 5.41) is 8.75. The third-order valence-electron chi connectivity index (χ3n) is 3.31. The van der Waals surface area contributed by atoms with Gasteiger partial charge in [0, 0.05) is 31.1 Å². The lowest BCUT2D eigenvalue weighted by molar-refractivity contribution is 0.177. The van der Waals surface area contributed by atoms with Crippen LogP contribution in [-0.2, 0) is 4.74 Å². The van der Waals surface area contributed by atoms with E-state index in [0.717, 1.165) is 32.1 Å². The molecule has 1 aromatic rings. The van der Waals surface area contributed by atoms with Crippen molar-refractivity contribution in [2.24, 2.45) is 11.8 Å². The Morgan fingerprint density at radius 2 is 2.12 bits per heavy atom. The summed E-state index contributed by atoms with van der Waals surface area (Å²) in [6.07, 6.45) is 1.64. The highest BCUT2D eigenvalue weighted by Crippen LogP contribution is 2.31. The van der Waals surface area contributed by atoms with Crippen molar-refractivity contribution in [3.05, 3.63) is 18.1 Å². The first-order valence-corrected chi connectivity index (χ1v) is 5.42. The number of hydrogen-bond donors (Lipinski definition) is 0. The second kappa shape index (κ2) is 3.72. The summed E-state index contributed by atoms with van der Waals surface area (Å²) in [4.78, 5) is 10.3. The van der Waals surface area contributed by atoms with Crippen LogP contribution in [0, 0.1) is 23.2 Å². The normalized spacial score (nSPS) is 27.8.